The zero-order valence-corrected chi connectivity index (χ0v) is 23.8. The molecule has 1 heterocycles. The van der Waals surface area contributed by atoms with Crippen molar-refractivity contribution in [3.63, 3.8) is 0 Å². The summed E-state index contributed by atoms with van der Waals surface area (Å²) in [6, 6.07) is 0. The summed E-state index contributed by atoms with van der Waals surface area (Å²) < 4.78 is 23.5. The highest BCUT2D eigenvalue weighted by atomic mass is 16.7. The molecule has 0 aromatic carbocycles. The van der Waals surface area contributed by atoms with Crippen LogP contribution in [0.5, 0.6) is 0 Å². The number of methoxy groups -OCH3 is 1. The predicted molar refractivity (Wildman–Crippen MR) is 141 cm³/mol. The molecular formula is C31H52O6. The Bertz CT molecular complexity index is 782. The summed E-state index contributed by atoms with van der Waals surface area (Å²) in [4.78, 5) is 12.3. The number of carbonyl (C=O) groups excluding carboxylic acids is 1. The summed E-state index contributed by atoms with van der Waals surface area (Å²) in [5, 5.41) is 10.6. The van der Waals surface area contributed by atoms with E-state index in [1.165, 1.54) is 25.7 Å². The van der Waals surface area contributed by atoms with Crippen LogP contribution in [-0.2, 0) is 23.7 Å². The average molecular weight is 521 g/mol. The van der Waals surface area contributed by atoms with Gasteiger partial charge in [-0.25, -0.2) is 0 Å². The molecular weight excluding hydrogens is 468 g/mol. The Hall–Kier alpha value is -0.530. The van der Waals surface area contributed by atoms with Gasteiger partial charge in [0.05, 0.1) is 6.10 Å². The zero-order chi connectivity index (χ0) is 26.2. The Labute approximate surface area is 224 Å². The molecule has 1 saturated heterocycles. The molecule has 0 amide bonds. The van der Waals surface area contributed by atoms with Gasteiger partial charge in [0, 0.05) is 32.0 Å². The van der Waals surface area contributed by atoms with Crippen LogP contribution in [0.4, 0.5) is 0 Å². The van der Waals surface area contributed by atoms with Crippen LogP contribution in [0, 0.1) is 46.3 Å². The van der Waals surface area contributed by atoms with E-state index in [9.17, 15) is 9.90 Å². The van der Waals surface area contributed by atoms with Crippen molar-refractivity contribution >= 4 is 5.78 Å². The van der Waals surface area contributed by atoms with Crippen molar-refractivity contribution in [3.8, 4) is 0 Å². The molecule has 212 valence electrons. The van der Waals surface area contributed by atoms with E-state index in [2.05, 4.69) is 20.8 Å². The molecule has 0 spiro atoms. The Balaban J connectivity index is 1.29. The SMILES string of the molecule is COCO[C@H]1CC2C(CCC3CC(=O)CC[C@@]32C)C2CC[C@H]([C@H](C)CCC(O)OC3CCCCO3)[C@]21C. The molecule has 5 aliphatic rings. The minimum atomic E-state index is -0.754. The lowest BCUT2D eigenvalue weighted by molar-refractivity contribution is -0.243. The zero-order valence-electron chi connectivity index (χ0n) is 23.8. The standard InChI is InChI=1S/C31H52O6/c1-20(8-13-28(33)37-29-7-5-6-16-35-29)24-11-12-25-23-10-9-21-17-22(32)14-15-30(21,2)26(23)18-27(31(24,25)3)36-19-34-4/h20-21,23-29,33H,5-19H2,1-4H3/t20-,21?,23?,24-,25?,26?,27+,28?,29?,30+,31-/m1/s1. The molecule has 6 unspecified atom stereocenters. The van der Waals surface area contributed by atoms with Gasteiger partial charge in [-0.1, -0.05) is 20.8 Å². The Morgan fingerprint density at radius 2 is 1.92 bits per heavy atom. The Morgan fingerprint density at radius 1 is 1.08 bits per heavy atom. The quantitative estimate of drug-likeness (QED) is 0.371. The van der Waals surface area contributed by atoms with Crippen LogP contribution in [-0.4, -0.2) is 50.1 Å². The maximum absolute atomic E-state index is 12.3. The van der Waals surface area contributed by atoms with Gasteiger partial charge in [-0.15, -0.1) is 0 Å². The van der Waals surface area contributed by atoms with Gasteiger partial charge in [0.25, 0.3) is 0 Å². The lowest BCUT2D eigenvalue weighted by Crippen LogP contribution is -2.59. The molecule has 0 radical (unpaired) electrons. The fourth-order valence-electron chi connectivity index (χ4n) is 10.0. The van der Waals surface area contributed by atoms with E-state index in [1.807, 2.05) is 0 Å². The normalized spacial score (nSPS) is 45.5. The number of ketones is 1. The Kier molecular flexibility index (Phi) is 8.73. The molecule has 4 aliphatic carbocycles. The van der Waals surface area contributed by atoms with Crippen molar-refractivity contribution in [1.82, 2.24) is 0 Å². The third-order valence-electron chi connectivity index (χ3n) is 12.0. The number of aliphatic hydroxyl groups is 1. The van der Waals surface area contributed by atoms with E-state index < -0.39 is 6.29 Å². The predicted octanol–water partition coefficient (Wildman–Crippen LogP) is 6.09. The number of ether oxygens (including phenoxy) is 4. The third-order valence-corrected chi connectivity index (χ3v) is 12.0. The maximum Gasteiger partial charge on any atom is 0.160 e. The van der Waals surface area contributed by atoms with E-state index in [4.69, 9.17) is 18.9 Å². The fourth-order valence-corrected chi connectivity index (χ4v) is 10.0. The number of Topliss-reactive ketones (excluding diaryl/α,β-unsaturated/α-hetero) is 1. The number of hydrogen-bond acceptors (Lipinski definition) is 6. The van der Waals surface area contributed by atoms with Gasteiger partial charge in [-0.05, 0) is 112 Å². The van der Waals surface area contributed by atoms with Gasteiger partial charge in [-0.3, -0.25) is 4.79 Å². The average Bonchev–Trinajstić information content (AvgIpc) is 3.25. The number of hydrogen-bond donors (Lipinski definition) is 1. The van der Waals surface area contributed by atoms with Gasteiger partial charge < -0.3 is 24.1 Å². The van der Waals surface area contributed by atoms with Gasteiger partial charge in [0.2, 0.25) is 0 Å². The van der Waals surface area contributed by atoms with Crippen molar-refractivity contribution in [2.24, 2.45) is 46.3 Å². The molecule has 6 heteroatoms. The summed E-state index contributed by atoms with van der Waals surface area (Å²) >= 11 is 0. The van der Waals surface area contributed by atoms with Crippen LogP contribution in [0.25, 0.3) is 0 Å². The topological polar surface area (TPSA) is 74.2 Å². The first-order chi connectivity index (χ1) is 17.8. The molecule has 1 aliphatic heterocycles. The highest BCUT2D eigenvalue weighted by molar-refractivity contribution is 5.79. The van der Waals surface area contributed by atoms with E-state index in [0.717, 1.165) is 63.9 Å². The van der Waals surface area contributed by atoms with Gasteiger partial charge in [0.15, 0.2) is 12.6 Å². The number of fused-ring (bicyclic) bond motifs is 5. The van der Waals surface area contributed by atoms with Crippen molar-refractivity contribution < 1.29 is 28.8 Å². The number of rotatable bonds is 9. The third kappa shape index (κ3) is 5.31. The number of carbonyl (C=O) groups is 1. The molecule has 1 N–H and O–H groups in total. The first kappa shape index (κ1) is 28.0. The van der Waals surface area contributed by atoms with Crippen LogP contribution >= 0.6 is 0 Å². The van der Waals surface area contributed by atoms with Crippen LogP contribution in [0.3, 0.4) is 0 Å². The van der Waals surface area contributed by atoms with E-state index >= 15 is 0 Å². The first-order valence-electron chi connectivity index (χ1n) is 15.3. The van der Waals surface area contributed by atoms with Crippen LogP contribution in [0.15, 0.2) is 0 Å². The smallest absolute Gasteiger partial charge is 0.160 e. The second kappa shape index (κ2) is 11.5. The maximum atomic E-state index is 12.3. The summed E-state index contributed by atoms with van der Waals surface area (Å²) in [6.45, 7) is 8.48. The van der Waals surface area contributed by atoms with Crippen molar-refractivity contribution in [1.29, 1.82) is 0 Å². The second-order valence-electron chi connectivity index (χ2n) is 13.7. The minimum Gasteiger partial charge on any atom is -0.368 e. The molecule has 0 aromatic rings. The van der Waals surface area contributed by atoms with Crippen LogP contribution in [0.2, 0.25) is 0 Å². The molecule has 0 bridgehead atoms. The summed E-state index contributed by atoms with van der Waals surface area (Å²) in [6.07, 6.45) is 12.5. The first-order valence-corrected chi connectivity index (χ1v) is 15.3. The minimum absolute atomic E-state index is 0.116. The van der Waals surface area contributed by atoms with Crippen LogP contribution < -0.4 is 0 Å². The largest absolute Gasteiger partial charge is 0.368 e. The van der Waals surface area contributed by atoms with E-state index in [0.29, 0.717) is 48.6 Å². The molecule has 5 rings (SSSR count). The summed E-state index contributed by atoms with van der Waals surface area (Å²) in [5.74, 6) is 4.11. The number of aliphatic hydroxyl groups excluding tert-OH is 1. The van der Waals surface area contributed by atoms with Crippen molar-refractivity contribution in [2.45, 2.75) is 123 Å². The van der Waals surface area contributed by atoms with Crippen LogP contribution in [0.1, 0.15) is 104 Å². The molecule has 4 saturated carbocycles. The van der Waals surface area contributed by atoms with E-state index in [-0.39, 0.29) is 23.2 Å². The van der Waals surface area contributed by atoms with Crippen molar-refractivity contribution in [3.05, 3.63) is 0 Å². The van der Waals surface area contributed by atoms with Gasteiger partial charge >= 0.3 is 0 Å². The van der Waals surface area contributed by atoms with Gasteiger partial charge in [-0.2, -0.15) is 0 Å². The monoisotopic (exact) mass is 520 g/mol. The lowest BCUT2D eigenvalue weighted by Gasteiger charge is -2.62. The highest BCUT2D eigenvalue weighted by Crippen LogP contribution is 2.68. The Morgan fingerprint density at radius 3 is 2.68 bits per heavy atom. The molecule has 5 fully saturated rings. The molecule has 6 nitrogen and oxygen atoms in total. The molecule has 0 aromatic heterocycles. The molecule has 37 heavy (non-hydrogen) atoms. The summed E-state index contributed by atoms with van der Waals surface area (Å²) in [7, 11) is 1.72. The molecule has 11 atom stereocenters. The summed E-state index contributed by atoms with van der Waals surface area (Å²) in [5.41, 5.74) is 0.379. The van der Waals surface area contributed by atoms with Crippen molar-refractivity contribution in [2.75, 3.05) is 20.5 Å². The highest BCUT2D eigenvalue weighted by Gasteiger charge is 2.64. The van der Waals surface area contributed by atoms with Gasteiger partial charge in [0.1, 0.15) is 12.6 Å². The van der Waals surface area contributed by atoms with E-state index in [1.54, 1.807) is 7.11 Å². The second-order valence-corrected chi connectivity index (χ2v) is 13.7. The lowest BCUT2D eigenvalue weighted by atomic mass is 9.43. The fraction of sp³-hybridized carbons (Fsp3) is 0.968.